The maximum atomic E-state index is 14.9. The van der Waals surface area contributed by atoms with Crippen molar-refractivity contribution in [3.63, 3.8) is 0 Å². The molecule has 1 saturated heterocycles. The topological polar surface area (TPSA) is 106 Å². The number of nitrogens with zero attached hydrogens (tertiary/aromatic N) is 4. The first-order valence-corrected chi connectivity index (χ1v) is 11.5. The Bertz CT molecular complexity index is 1270. The van der Waals surface area contributed by atoms with Gasteiger partial charge in [-0.25, -0.2) is 14.4 Å². The number of hydrogen-bond acceptors (Lipinski definition) is 6. The quantitative estimate of drug-likeness (QED) is 0.289. The van der Waals surface area contributed by atoms with Crippen molar-refractivity contribution in [3.8, 4) is 5.75 Å². The predicted molar refractivity (Wildman–Crippen MR) is 140 cm³/mol. The van der Waals surface area contributed by atoms with Crippen LogP contribution in [0.3, 0.4) is 0 Å². The van der Waals surface area contributed by atoms with Gasteiger partial charge in [0, 0.05) is 54.4 Å². The summed E-state index contributed by atoms with van der Waals surface area (Å²) in [5, 5.41) is 14.2. The van der Waals surface area contributed by atoms with Crippen molar-refractivity contribution in [3.05, 3.63) is 59.4 Å². The van der Waals surface area contributed by atoms with Gasteiger partial charge in [0.2, 0.25) is 0 Å². The molecule has 10 heteroatoms. The predicted octanol–water partition coefficient (Wildman–Crippen LogP) is 4.05. The Morgan fingerprint density at radius 2 is 2.26 bits per heavy atom. The number of H-pyrrole nitrogens is 2. The average Bonchev–Trinajstić information content (AvgIpc) is 3.45. The summed E-state index contributed by atoms with van der Waals surface area (Å²) in [6, 6.07) is 7.26. The molecule has 3 heterocycles. The summed E-state index contributed by atoms with van der Waals surface area (Å²) in [5.74, 6) is 1.52. The highest BCUT2D eigenvalue weighted by atomic mass is 19.1. The van der Waals surface area contributed by atoms with Gasteiger partial charge >= 0.3 is 0 Å². The van der Waals surface area contributed by atoms with Crippen molar-refractivity contribution in [1.82, 2.24) is 25.4 Å². The number of aliphatic imine (C=N–C) groups is 2. The maximum absolute atomic E-state index is 14.9. The lowest BCUT2D eigenvalue weighted by Gasteiger charge is -2.35. The average molecular weight is 479 g/mol. The molecule has 1 atom stereocenters. The Balaban J connectivity index is 1.56. The molecule has 0 bridgehead atoms. The third kappa shape index (κ3) is 5.78. The molecule has 184 valence electrons. The number of benzene rings is 1. The number of allylic oxidation sites excluding steroid dienone is 1. The molecule has 1 aliphatic heterocycles. The van der Waals surface area contributed by atoms with Crippen LogP contribution in [0.25, 0.3) is 17.0 Å². The van der Waals surface area contributed by atoms with Crippen molar-refractivity contribution < 1.29 is 9.13 Å². The highest BCUT2D eigenvalue weighted by Gasteiger charge is 2.21. The van der Waals surface area contributed by atoms with E-state index in [1.807, 2.05) is 32.1 Å². The van der Waals surface area contributed by atoms with Gasteiger partial charge in [0.25, 0.3) is 0 Å². The van der Waals surface area contributed by atoms with Crippen molar-refractivity contribution in [2.75, 3.05) is 31.7 Å². The molecule has 1 aromatic carbocycles. The van der Waals surface area contributed by atoms with Crippen molar-refractivity contribution >= 4 is 35.3 Å². The summed E-state index contributed by atoms with van der Waals surface area (Å²) in [7, 11) is 0. The third-order valence-corrected chi connectivity index (χ3v) is 5.72. The number of aromatic amines is 2. The molecule has 0 amide bonds. The van der Waals surface area contributed by atoms with E-state index in [1.165, 1.54) is 0 Å². The number of hydrogen-bond donors (Lipinski definition) is 4. The second kappa shape index (κ2) is 11.0. The first kappa shape index (κ1) is 24.2. The molecule has 35 heavy (non-hydrogen) atoms. The van der Waals surface area contributed by atoms with Crippen LogP contribution in [0.2, 0.25) is 0 Å². The normalized spacial score (nSPS) is 17.4. The SMILES string of the molecule is C=N/C(=C\C(=N/COc1ccc2[nH]c(C)cc2c1F)N1CCNCC1C)Nc1cc(/C=C/C)[nH]n1. The second-order valence-corrected chi connectivity index (χ2v) is 8.35. The van der Waals surface area contributed by atoms with Crippen molar-refractivity contribution in [2.45, 2.75) is 26.8 Å². The Kier molecular flexibility index (Phi) is 7.61. The molecule has 1 aliphatic rings. The number of amidine groups is 1. The standard InChI is InChI=1S/C25H31FN8O/c1-5-6-18-12-23(33-32-18)31-22(27-4)13-24(34-10-9-28-14-17(34)3)29-15-35-21-8-7-20-19(25(21)26)11-16(2)30-20/h5-8,11-13,17,28,30H,4,9-10,14-15H2,1-3H3,(H2,31,32,33)/b6-5+,22-13+,29-24+. The van der Waals surface area contributed by atoms with Crippen LogP contribution in [-0.2, 0) is 0 Å². The zero-order valence-corrected chi connectivity index (χ0v) is 20.2. The van der Waals surface area contributed by atoms with E-state index in [0.29, 0.717) is 22.9 Å². The van der Waals surface area contributed by atoms with Gasteiger partial charge in [-0.15, -0.1) is 0 Å². The van der Waals surface area contributed by atoms with E-state index in [1.54, 1.807) is 24.3 Å². The smallest absolute Gasteiger partial charge is 0.181 e. The summed E-state index contributed by atoms with van der Waals surface area (Å²) in [6.45, 7) is 12.0. The molecule has 0 radical (unpaired) electrons. The molecule has 1 fully saturated rings. The molecule has 0 spiro atoms. The molecule has 4 rings (SSSR count). The lowest BCUT2D eigenvalue weighted by atomic mass is 10.2. The minimum absolute atomic E-state index is 0.0490. The summed E-state index contributed by atoms with van der Waals surface area (Å²) in [4.78, 5) is 14.1. The summed E-state index contributed by atoms with van der Waals surface area (Å²) in [6.07, 6.45) is 5.65. The lowest BCUT2D eigenvalue weighted by Crippen LogP contribution is -2.52. The highest BCUT2D eigenvalue weighted by Crippen LogP contribution is 2.27. The van der Waals surface area contributed by atoms with Crippen LogP contribution in [0.4, 0.5) is 10.2 Å². The van der Waals surface area contributed by atoms with Crippen LogP contribution in [0.5, 0.6) is 5.75 Å². The number of ether oxygens (including phenoxy) is 1. The number of rotatable bonds is 8. The van der Waals surface area contributed by atoms with E-state index in [0.717, 1.165) is 36.5 Å². The molecule has 0 saturated carbocycles. The van der Waals surface area contributed by atoms with Crippen LogP contribution in [0, 0.1) is 12.7 Å². The van der Waals surface area contributed by atoms with Gasteiger partial charge in [-0.05, 0) is 51.8 Å². The first-order chi connectivity index (χ1) is 17.0. The van der Waals surface area contributed by atoms with Crippen molar-refractivity contribution in [2.24, 2.45) is 9.98 Å². The fourth-order valence-corrected chi connectivity index (χ4v) is 4.01. The van der Waals surface area contributed by atoms with Gasteiger partial charge in [-0.2, -0.15) is 5.10 Å². The first-order valence-electron chi connectivity index (χ1n) is 11.5. The zero-order valence-electron chi connectivity index (χ0n) is 20.2. The van der Waals surface area contributed by atoms with Gasteiger partial charge in [-0.3, -0.25) is 5.10 Å². The highest BCUT2D eigenvalue weighted by molar-refractivity contribution is 5.94. The van der Waals surface area contributed by atoms with Crippen LogP contribution < -0.4 is 15.4 Å². The van der Waals surface area contributed by atoms with Crippen molar-refractivity contribution in [1.29, 1.82) is 0 Å². The van der Waals surface area contributed by atoms with E-state index < -0.39 is 5.82 Å². The number of aromatic nitrogens is 3. The van der Waals surface area contributed by atoms with E-state index in [2.05, 4.69) is 54.3 Å². The molecule has 0 aliphatic carbocycles. The molecule has 9 nitrogen and oxygen atoms in total. The number of halogens is 1. The van der Waals surface area contributed by atoms with Gasteiger partial charge in [0.1, 0.15) is 11.7 Å². The molecular weight excluding hydrogens is 447 g/mol. The fourth-order valence-electron chi connectivity index (χ4n) is 4.01. The molecule has 1 unspecified atom stereocenters. The van der Waals surface area contributed by atoms with Crippen LogP contribution in [-0.4, -0.2) is 65.0 Å². The Labute approximate surface area is 203 Å². The van der Waals surface area contributed by atoms with Gasteiger partial charge in [-0.1, -0.05) is 6.08 Å². The van der Waals surface area contributed by atoms with E-state index in [9.17, 15) is 4.39 Å². The molecular formula is C25H31FN8O. The number of aryl methyl sites for hydroxylation is 1. The fraction of sp³-hybridized carbons (Fsp3) is 0.320. The molecule has 4 N–H and O–H groups in total. The minimum Gasteiger partial charge on any atom is -0.468 e. The lowest BCUT2D eigenvalue weighted by molar-refractivity contribution is 0.268. The Hall–Kier alpha value is -3.92. The number of piperazine rings is 1. The van der Waals surface area contributed by atoms with E-state index >= 15 is 0 Å². The maximum Gasteiger partial charge on any atom is 0.181 e. The zero-order chi connectivity index (χ0) is 24.8. The molecule has 2 aromatic heterocycles. The van der Waals surface area contributed by atoms with Gasteiger partial charge in [0.15, 0.2) is 24.1 Å². The van der Waals surface area contributed by atoms with Crippen LogP contribution >= 0.6 is 0 Å². The third-order valence-electron chi connectivity index (χ3n) is 5.72. The summed E-state index contributed by atoms with van der Waals surface area (Å²) < 4.78 is 20.7. The van der Waals surface area contributed by atoms with Crippen LogP contribution in [0.15, 0.2) is 52.2 Å². The van der Waals surface area contributed by atoms with Gasteiger partial charge in [0.05, 0.1) is 5.69 Å². The van der Waals surface area contributed by atoms with Crippen LogP contribution in [0.1, 0.15) is 25.2 Å². The Morgan fingerprint density at radius 3 is 3.03 bits per heavy atom. The molecule has 3 aromatic rings. The minimum atomic E-state index is -0.403. The second-order valence-electron chi connectivity index (χ2n) is 8.35. The monoisotopic (exact) mass is 478 g/mol. The Morgan fingerprint density at radius 1 is 1.40 bits per heavy atom. The largest absolute Gasteiger partial charge is 0.468 e. The van der Waals surface area contributed by atoms with E-state index in [-0.39, 0.29) is 18.5 Å². The van der Waals surface area contributed by atoms with Gasteiger partial charge < -0.3 is 25.3 Å². The number of nitrogens with one attached hydrogen (secondary N) is 4. The number of fused-ring (bicyclic) bond motifs is 1. The van der Waals surface area contributed by atoms with E-state index in [4.69, 9.17) is 4.74 Å². The number of anilines is 1. The summed E-state index contributed by atoms with van der Waals surface area (Å²) in [5.41, 5.74) is 2.49. The summed E-state index contributed by atoms with van der Waals surface area (Å²) >= 11 is 0.